The van der Waals surface area contributed by atoms with E-state index in [1.165, 1.54) is 25.0 Å². The van der Waals surface area contributed by atoms with Gasteiger partial charge in [-0.05, 0) is 80.3 Å². The minimum Gasteiger partial charge on any atom is -0.504 e. The molecule has 9 heteroatoms. The molecule has 1 saturated heterocycles. The summed E-state index contributed by atoms with van der Waals surface area (Å²) >= 11 is 12.3. The maximum absolute atomic E-state index is 13.6. The maximum Gasteiger partial charge on any atom is 0.250 e. The van der Waals surface area contributed by atoms with Crippen molar-refractivity contribution in [1.82, 2.24) is 9.96 Å². The summed E-state index contributed by atoms with van der Waals surface area (Å²) < 4.78 is 6.59. The van der Waals surface area contributed by atoms with E-state index in [0.717, 1.165) is 42.1 Å². The highest BCUT2D eigenvalue weighted by Gasteiger charge is 2.73. The maximum atomic E-state index is 13.6. The zero-order chi connectivity index (χ0) is 26.4. The van der Waals surface area contributed by atoms with Gasteiger partial charge in [-0.1, -0.05) is 35.3 Å². The third kappa shape index (κ3) is 3.42. The molecule has 2 heterocycles. The number of hydroxylamine groups is 2. The Labute approximate surface area is 232 Å². The molecule has 7 nitrogen and oxygen atoms in total. The van der Waals surface area contributed by atoms with Gasteiger partial charge in [-0.3, -0.25) is 14.5 Å². The Morgan fingerprint density at radius 1 is 1.18 bits per heavy atom. The van der Waals surface area contributed by atoms with Crippen molar-refractivity contribution in [3.05, 3.63) is 57.1 Å². The molecule has 3 aliphatic carbocycles. The van der Waals surface area contributed by atoms with Crippen LogP contribution in [0.3, 0.4) is 0 Å². The second kappa shape index (κ2) is 8.73. The molecule has 2 bridgehead atoms. The molecule has 2 aromatic carbocycles. The number of phenolic OH excluding ortho intramolecular Hbond substituents is 1. The average Bonchev–Trinajstić information content (AvgIpc) is 3.63. The van der Waals surface area contributed by atoms with E-state index < -0.39 is 23.2 Å². The van der Waals surface area contributed by atoms with Gasteiger partial charge in [-0.2, -0.15) is 0 Å². The topological polar surface area (TPSA) is 82.5 Å². The summed E-state index contributed by atoms with van der Waals surface area (Å²) in [5.41, 5.74) is 1.06. The van der Waals surface area contributed by atoms with Crippen molar-refractivity contribution in [2.24, 2.45) is 5.92 Å². The van der Waals surface area contributed by atoms with Gasteiger partial charge >= 0.3 is 0 Å². The molecule has 2 aromatic rings. The first kappa shape index (κ1) is 25.0. The number of hydrogen-bond acceptors (Lipinski definition) is 6. The summed E-state index contributed by atoms with van der Waals surface area (Å²) in [7, 11) is 1.50. The molecule has 2 saturated carbocycles. The lowest BCUT2D eigenvalue weighted by atomic mass is 9.48. The summed E-state index contributed by atoms with van der Waals surface area (Å²) in [4.78, 5) is 21.8. The second-order valence-electron chi connectivity index (χ2n) is 11.7. The number of phenols is 1. The number of nitrogens with zero attached hydrogens (tertiary/aromatic N) is 2. The number of halogens is 2. The third-order valence-electron chi connectivity index (χ3n) is 9.81. The Morgan fingerprint density at radius 3 is 2.74 bits per heavy atom. The van der Waals surface area contributed by atoms with Gasteiger partial charge in [-0.25, -0.2) is 5.06 Å². The molecule has 5 atom stereocenters. The number of carbonyl (C=O) groups is 1. The predicted octanol–water partition coefficient (Wildman–Crippen LogP) is 4.26. The van der Waals surface area contributed by atoms with Crippen LogP contribution in [0.1, 0.15) is 48.8 Å². The number of ether oxygens (including phenoxy) is 1. The molecule has 2 aliphatic heterocycles. The van der Waals surface area contributed by atoms with Crippen molar-refractivity contribution >= 4 is 29.1 Å². The second-order valence-corrected chi connectivity index (χ2v) is 12.5. The van der Waals surface area contributed by atoms with E-state index in [1.807, 2.05) is 6.07 Å². The zero-order valence-corrected chi connectivity index (χ0v) is 22.8. The molecule has 1 amide bonds. The van der Waals surface area contributed by atoms with Crippen molar-refractivity contribution in [2.75, 3.05) is 20.2 Å². The van der Waals surface area contributed by atoms with Crippen LogP contribution in [0, 0.1) is 5.92 Å². The SMILES string of the molecule is CON(C(=O)Cc1ccc(Cl)c(Cl)c1)[C@@H]1CC[C@@]2(O)[C@H]3Cc4ccc(O)c5c4[C@@]2(CCN3CC2CC2)[C@H]1O5. The summed E-state index contributed by atoms with van der Waals surface area (Å²) in [6, 6.07) is 8.40. The van der Waals surface area contributed by atoms with Crippen molar-refractivity contribution in [1.29, 1.82) is 0 Å². The third-order valence-corrected chi connectivity index (χ3v) is 10.6. The molecule has 38 heavy (non-hydrogen) atoms. The number of piperidine rings is 1. The van der Waals surface area contributed by atoms with Crippen LogP contribution < -0.4 is 4.74 Å². The highest BCUT2D eigenvalue weighted by atomic mass is 35.5. The molecule has 0 aromatic heterocycles. The van der Waals surface area contributed by atoms with Crippen molar-refractivity contribution in [3.8, 4) is 11.5 Å². The van der Waals surface area contributed by atoms with Gasteiger partial charge in [0.2, 0.25) is 0 Å². The molecule has 7 rings (SSSR count). The molecule has 1 spiro atoms. The Balaban J connectivity index is 1.27. The van der Waals surface area contributed by atoms with Crippen LogP contribution in [0.4, 0.5) is 0 Å². The van der Waals surface area contributed by atoms with Gasteiger partial charge in [-0.15, -0.1) is 0 Å². The first-order valence-electron chi connectivity index (χ1n) is 13.6. The van der Waals surface area contributed by atoms with E-state index >= 15 is 0 Å². The van der Waals surface area contributed by atoms with Crippen molar-refractivity contribution in [3.63, 3.8) is 0 Å². The van der Waals surface area contributed by atoms with Crippen LogP contribution in [0.2, 0.25) is 10.0 Å². The minimum atomic E-state index is -1.01. The van der Waals surface area contributed by atoms with E-state index in [4.69, 9.17) is 32.8 Å². The molecule has 0 unspecified atom stereocenters. The Bertz CT molecular complexity index is 1320. The van der Waals surface area contributed by atoms with Crippen LogP contribution in [0.5, 0.6) is 11.5 Å². The lowest BCUT2D eigenvalue weighted by Gasteiger charge is -2.64. The van der Waals surface area contributed by atoms with E-state index in [0.29, 0.717) is 35.1 Å². The van der Waals surface area contributed by atoms with Crippen LogP contribution >= 0.6 is 23.2 Å². The number of carbonyl (C=O) groups excluding carboxylic acids is 1. The molecule has 0 radical (unpaired) electrons. The van der Waals surface area contributed by atoms with Crippen LogP contribution in [0.15, 0.2) is 30.3 Å². The molecule has 3 fully saturated rings. The van der Waals surface area contributed by atoms with Gasteiger partial charge in [0.05, 0.1) is 40.6 Å². The number of aromatic hydroxyl groups is 1. The molecular weight excluding hydrogens is 527 g/mol. The summed E-state index contributed by atoms with van der Waals surface area (Å²) in [6.07, 6.45) is 4.57. The normalized spacial score (nSPS) is 33.0. The number of likely N-dealkylation sites (tertiary alicyclic amines) is 1. The summed E-state index contributed by atoms with van der Waals surface area (Å²) in [6.45, 7) is 1.87. The Hall–Kier alpha value is -2.03. The molecule has 5 aliphatic rings. The van der Waals surface area contributed by atoms with Gasteiger partial charge in [0, 0.05) is 18.2 Å². The van der Waals surface area contributed by atoms with Crippen molar-refractivity contribution < 1.29 is 24.6 Å². The van der Waals surface area contributed by atoms with Gasteiger partial charge in [0.1, 0.15) is 6.10 Å². The largest absolute Gasteiger partial charge is 0.504 e. The van der Waals surface area contributed by atoms with E-state index in [-0.39, 0.29) is 24.1 Å². The highest BCUT2D eigenvalue weighted by molar-refractivity contribution is 6.42. The zero-order valence-electron chi connectivity index (χ0n) is 21.3. The predicted molar refractivity (Wildman–Crippen MR) is 143 cm³/mol. The quantitative estimate of drug-likeness (QED) is 0.515. The van der Waals surface area contributed by atoms with E-state index in [1.54, 1.807) is 24.3 Å². The first-order valence-corrected chi connectivity index (χ1v) is 14.3. The lowest BCUT2D eigenvalue weighted by molar-refractivity contribution is -0.240. The minimum absolute atomic E-state index is 0.0187. The van der Waals surface area contributed by atoms with E-state index in [2.05, 4.69) is 4.90 Å². The number of benzene rings is 2. The van der Waals surface area contributed by atoms with Crippen molar-refractivity contribution in [2.45, 2.75) is 74.1 Å². The molecule has 202 valence electrons. The first-order chi connectivity index (χ1) is 18.3. The summed E-state index contributed by atoms with van der Waals surface area (Å²) in [5.74, 6) is 1.04. The lowest BCUT2D eigenvalue weighted by Crippen LogP contribution is -2.78. The van der Waals surface area contributed by atoms with Gasteiger partial charge in [0.15, 0.2) is 11.5 Å². The van der Waals surface area contributed by atoms with E-state index in [9.17, 15) is 15.0 Å². The monoisotopic (exact) mass is 558 g/mol. The average molecular weight is 559 g/mol. The Kier molecular flexibility index (Phi) is 5.74. The van der Waals surface area contributed by atoms with Crippen LogP contribution in [-0.4, -0.2) is 70.1 Å². The van der Waals surface area contributed by atoms with Crippen LogP contribution in [-0.2, 0) is 27.9 Å². The Morgan fingerprint density at radius 2 is 2.00 bits per heavy atom. The smallest absolute Gasteiger partial charge is 0.250 e. The molecule has 2 N–H and O–H groups in total. The number of hydrogen-bond donors (Lipinski definition) is 2. The van der Waals surface area contributed by atoms with Gasteiger partial charge in [0.25, 0.3) is 5.91 Å². The van der Waals surface area contributed by atoms with Gasteiger partial charge < -0.3 is 14.9 Å². The summed E-state index contributed by atoms with van der Waals surface area (Å²) in [5, 5.41) is 25.7. The highest BCUT2D eigenvalue weighted by Crippen LogP contribution is 2.66. The molecular formula is C29H32Cl2N2O5. The number of aliphatic hydroxyl groups is 1. The van der Waals surface area contributed by atoms with Crippen LogP contribution in [0.25, 0.3) is 0 Å². The number of amides is 1. The fourth-order valence-corrected chi connectivity index (χ4v) is 8.34. The number of rotatable bonds is 6. The standard InChI is InChI=1S/C29H32Cl2N2O5/c1-37-33(24(35)13-17-4-6-19(30)20(31)12-17)21-8-9-29(36)23-14-18-5-7-22(34)26-25(18)28(29,27(21)38-26)10-11-32(23)15-16-2-3-16/h4-7,12,16,21,23,27,34,36H,2-3,8-11,13-15H2,1H3/t21-,23-,27+,28+,29-/m1/s1. The fraction of sp³-hybridized carbons (Fsp3) is 0.552. The fourth-order valence-electron chi connectivity index (χ4n) is 8.02.